The maximum Gasteiger partial charge on any atom is 0.235 e. The van der Waals surface area contributed by atoms with Gasteiger partial charge in [0.1, 0.15) is 5.92 Å². The van der Waals surface area contributed by atoms with E-state index in [4.69, 9.17) is 4.74 Å². The van der Waals surface area contributed by atoms with Crippen molar-refractivity contribution in [2.75, 3.05) is 7.11 Å². The molecule has 1 N–H and O–H groups in total. The van der Waals surface area contributed by atoms with Gasteiger partial charge in [0.2, 0.25) is 5.91 Å². The highest BCUT2D eigenvalue weighted by Gasteiger charge is 2.55. The molecule has 1 saturated carbocycles. The van der Waals surface area contributed by atoms with E-state index in [0.29, 0.717) is 12.8 Å². The number of hydrogen-bond donors (Lipinski definition) is 1. The second-order valence-corrected chi connectivity index (χ2v) is 7.82. The van der Waals surface area contributed by atoms with Crippen molar-refractivity contribution in [2.24, 2.45) is 0 Å². The monoisotopic (exact) mass is 329 g/mol. The van der Waals surface area contributed by atoms with Gasteiger partial charge in [0.05, 0.1) is 11.1 Å². The zero-order valence-electron chi connectivity index (χ0n) is 15.3. The highest BCUT2D eigenvalue weighted by molar-refractivity contribution is 6.17. The van der Waals surface area contributed by atoms with Crippen LogP contribution in [0.2, 0.25) is 0 Å². The van der Waals surface area contributed by atoms with Gasteiger partial charge in [-0.25, -0.2) is 0 Å². The SMILES string of the molecule is COC1(C)CCC2(CC1)NC(=O)C(c1cc(C)c(C)cc1C)C2=O. The quantitative estimate of drug-likeness (QED) is 0.848. The van der Waals surface area contributed by atoms with E-state index >= 15 is 0 Å². The summed E-state index contributed by atoms with van der Waals surface area (Å²) in [6.45, 7) is 8.13. The first kappa shape index (κ1) is 17.2. The van der Waals surface area contributed by atoms with Gasteiger partial charge < -0.3 is 10.1 Å². The molecule has 130 valence electrons. The normalized spacial score (nSPS) is 33.1. The molecular formula is C20H27NO3. The molecule has 1 heterocycles. The maximum atomic E-state index is 13.2. The smallest absolute Gasteiger partial charge is 0.235 e. The van der Waals surface area contributed by atoms with Gasteiger partial charge in [-0.05, 0) is 75.6 Å². The Morgan fingerprint density at radius 3 is 2.17 bits per heavy atom. The molecule has 1 aromatic rings. The third-order valence-electron chi connectivity index (χ3n) is 6.21. The molecule has 3 rings (SSSR count). The fraction of sp³-hybridized carbons (Fsp3) is 0.600. The lowest BCUT2D eigenvalue weighted by Crippen LogP contribution is -2.52. The Hall–Kier alpha value is -1.68. The number of carbonyl (C=O) groups excluding carboxylic acids is 2. The van der Waals surface area contributed by atoms with Crippen LogP contribution < -0.4 is 5.32 Å². The Morgan fingerprint density at radius 2 is 1.58 bits per heavy atom. The molecule has 1 spiro atoms. The molecule has 4 heteroatoms. The van der Waals surface area contributed by atoms with E-state index in [2.05, 4.69) is 25.2 Å². The van der Waals surface area contributed by atoms with Crippen LogP contribution in [0.4, 0.5) is 0 Å². The second-order valence-electron chi connectivity index (χ2n) is 7.82. The summed E-state index contributed by atoms with van der Waals surface area (Å²) in [5, 5.41) is 3.05. The standard InChI is InChI=1S/C20H27NO3/c1-12-10-14(3)15(11-13(12)2)16-17(22)20(21-18(16)23)8-6-19(4,24-5)7-9-20/h10-11,16H,6-9H2,1-5H3,(H,21,23). The van der Waals surface area contributed by atoms with Crippen LogP contribution in [0.5, 0.6) is 0 Å². The topological polar surface area (TPSA) is 55.4 Å². The zero-order valence-corrected chi connectivity index (χ0v) is 15.3. The summed E-state index contributed by atoms with van der Waals surface area (Å²) in [7, 11) is 1.72. The van der Waals surface area contributed by atoms with Crippen LogP contribution in [0, 0.1) is 20.8 Å². The minimum absolute atomic E-state index is 0.0389. The fourth-order valence-electron chi connectivity index (χ4n) is 4.12. The molecule has 0 radical (unpaired) electrons. The molecule has 2 fully saturated rings. The first-order valence-electron chi connectivity index (χ1n) is 8.71. The van der Waals surface area contributed by atoms with E-state index in [9.17, 15) is 9.59 Å². The number of methoxy groups -OCH3 is 1. The van der Waals surface area contributed by atoms with E-state index in [-0.39, 0.29) is 17.3 Å². The molecule has 0 aromatic heterocycles. The van der Waals surface area contributed by atoms with E-state index in [1.807, 2.05) is 19.9 Å². The van der Waals surface area contributed by atoms with E-state index in [0.717, 1.165) is 29.5 Å². The summed E-state index contributed by atoms with van der Waals surface area (Å²) in [4.78, 5) is 25.9. The van der Waals surface area contributed by atoms with E-state index in [1.54, 1.807) is 7.11 Å². The average molecular weight is 329 g/mol. The summed E-state index contributed by atoms with van der Waals surface area (Å²) in [5.74, 6) is -0.777. The third kappa shape index (κ3) is 2.57. The molecule has 1 aliphatic carbocycles. The second kappa shape index (κ2) is 5.69. The number of benzene rings is 1. The minimum atomic E-state index is -0.703. The number of aryl methyl sites for hydroxylation is 3. The predicted octanol–water partition coefficient (Wildman–Crippen LogP) is 3.11. The molecule has 1 saturated heterocycles. The average Bonchev–Trinajstić information content (AvgIpc) is 2.78. The minimum Gasteiger partial charge on any atom is -0.379 e. The van der Waals surface area contributed by atoms with E-state index in [1.165, 1.54) is 5.56 Å². The van der Waals surface area contributed by atoms with Crippen LogP contribution in [-0.2, 0) is 14.3 Å². The third-order valence-corrected chi connectivity index (χ3v) is 6.21. The highest BCUT2D eigenvalue weighted by Crippen LogP contribution is 2.43. The van der Waals surface area contributed by atoms with Crippen LogP contribution in [0.1, 0.15) is 60.8 Å². The van der Waals surface area contributed by atoms with Crippen molar-refractivity contribution in [3.05, 3.63) is 34.4 Å². The Bertz CT molecular complexity index is 699. The van der Waals surface area contributed by atoms with Gasteiger partial charge in [-0.2, -0.15) is 0 Å². The largest absolute Gasteiger partial charge is 0.379 e. The van der Waals surface area contributed by atoms with Gasteiger partial charge in [0.15, 0.2) is 5.78 Å². The molecule has 1 amide bonds. The molecule has 4 nitrogen and oxygen atoms in total. The van der Waals surface area contributed by atoms with E-state index < -0.39 is 11.5 Å². The lowest BCUT2D eigenvalue weighted by atomic mass is 9.71. The molecule has 1 aliphatic heterocycles. The number of carbonyl (C=O) groups is 2. The Kier molecular flexibility index (Phi) is 4.07. The van der Waals surface area contributed by atoms with Crippen molar-refractivity contribution in [2.45, 2.75) is 70.4 Å². The van der Waals surface area contributed by atoms with Crippen molar-refractivity contribution in [3.63, 3.8) is 0 Å². The maximum absolute atomic E-state index is 13.2. The molecule has 1 aromatic carbocycles. The van der Waals surface area contributed by atoms with Crippen molar-refractivity contribution < 1.29 is 14.3 Å². The summed E-state index contributed by atoms with van der Waals surface area (Å²) in [5.41, 5.74) is 3.28. The van der Waals surface area contributed by atoms with Gasteiger partial charge in [0.25, 0.3) is 0 Å². The van der Waals surface area contributed by atoms with Crippen LogP contribution in [0.3, 0.4) is 0 Å². The Balaban J connectivity index is 1.92. The highest BCUT2D eigenvalue weighted by atomic mass is 16.5. The first-order chi connectivity index (χ1) is 11.2. The number of nitrogens with one attached hydrogen (secondary N) is 1. The zero-order chi connectivity index (χ0) is 17.7. The lowest BCUT2D eigenvalue weighted by Gasteiger charge is -2.41. The number of Topliss-reactive ketones (excluding diaryl/α,β-unsaturated/α-hetero) is 1. The molecular weight excluding hydrogens is 302 g/mol. The van der Waals surface area contributed by atoms with Crippen molar-refractivity contribution in [1.29, 1.82) is 0 Å². The van der Waals surface area contributed by atoms with Gasteiger partial charge in [0, 0.05) is 7.11 Å². The molecule has 1 atom stereocenters. The van der Waals surface area contributed by atoms with Gasteiger partial charge in [-0.15, -0.1) is 0 Å². The number of amides is 1. The first-order valence-corrected chi connectivity index (χ1v) is 8.71. The molecule has 24 heavy (non-hydrogen) atoms. The van der Waals surface area contributed by atoms with Crippen LogP contribution in [0.25, 0.3) is 0 Å². The fourth-order valence-corrected chi connectivity index (χ4v) is 4.12. The van der Waals surface area contributed by atoms with Crippen molar-refractivity contribution >= 4 is 11.7 Å². The predicted molar refractivity (Wildman–Crippen MR) is 93.2 cm³/mol. The summed E-state index contributed by atoms with van der Waals surface area (Å²) >= 11 is 0. The summed E-state index contributed by atoms with van der Waals surface area (Å²) in [6.07, 6.45) is 2.88. The summed E-state index contributed by atoms with van der Waals surface area (Å²) in [6, 6.07) is 4.08. The van der Waals surface area contributed by atoms with Crippen LogP contribution in [-0.4, -0.2) is 29.9 Å². The van der Waals surface area contributed by atoms with Crippen molar-refractivity contribution in [1.82, 2.24) is 5.32 Å². The van der Waals surface area contributed by atoms with Gasteiger partial charge >= 0.3 is 0 Å². The molecule has 2 aliphatic rings. The number of ether oxygens (including phenoxy) is 1. The van der Waals surface area contributed by atoms with Crippen molar-refractivity contribution in [3.8, 4) is 0 Å². The summed E-state index contributed by atoms with van der Waals surface area (Å²) < 4.78 is 5.58. The number of rotatable bonds is 2. The lowest BCUT2D eigenvalue weighted by molar-refractivity contribution is -0.127. The van der Waals surface area contributed by atoms with Crippen LogP contribution in [0.15, 0.2) is 12.1 Å². The molecule has 0 bridgehead atoms. The Labute approximate surface area is 144 Å². The Morgan fingerprint density at radius 1 is 1.00 bits per heavy atom. The number of hydrogen-bond acceptors (Lipinski definition) is 3. The number of ketones is 1. The van der Waals surface area contributed by atoms with Gasteiger partial charge in [-0.3, -0.25) is 9.59 Å². The van der Waals surface area contributed by atoms with Gasteiger partial charge in [-0.1, -0.05) is 12.1 Å². The van der Waals surface area contributed by atoms with Crippen LogP contribution >= 0.6 is 0 Å². The molecule has 1 unspecified atom stereocenters.